The van der Waals surface area contributed by atoms with Crippen LogP contribution < -0.4 is 5.32 Å². The molecule has 0 saturated heterocycles. The van der Waals surface area contributed by atoms with E-state index in [-0.39, 0.29) is 11.6 Å². The lowest BCUT2D eigenvalue weighted by Crippen LogP contribution is -2.27. The summed E-state index contributed by atoms with van der Waals surface area (Å²) in [5.41, 5.74) is 1.41. The van der Waals surface area contributed by atoms with Crippen LogP contribution in [0.25, 0.3) is 0 Å². The lowest BCUT2D eigenvalue weighted by Gasteiger charge is -2.05. The SMILES string of the molecule is Cc1[nH]c(C(=O)O)c(C)c1C(=O)NCCc1nncn1C. The number of carboxylic acid groups (broad SMARTS) is 1. The molecule has 2 heterocycles. The molecule has 2 aromatic heterocycles. The van der Waals surface area contributed by atoms with Crippen LogP contribution in [0.1, 0.15) is 37.9 Å². The van der Waals surface area contributed by atoms with E-state index in [1.165, 1.54) is 0 Å². The zero-order valence-corrected chi connectivity index (χ0v) is 12.1. The number of carbonyl (C=O) groups excluding carboxylic acids is 1. The molecule has 0 spiro atoms. The van der Waals surface area contributed by atoms with Crippen molar-refractivity contribution in [3.8, 4) is 0 Å². The molecule has 0 saturated carbocycles. The number of nitrogens with one attached hydrogen (secondary N) is 2. The summed E-state index contributed by atoms with van der Waals surface area (Å²) in [5, 5.41) is 19.5. The molecule has 2 aromatic rings. The van der Waals surface area contributed by atoms with Crippen LogP contribution in [-0.2, 0) is 13.5 Å². The summed E-state index contributed by atoms with van der Waals surface area (Å²) in [7, 11) is 1.83. The van der Waals surface area contributed by atoms with Crippen molar-refractivity contribution in [2.45, 2.75) is 20.3 Å². The molecule has 0 bridgehead atoms. The second kappa shape index (κ2) is 5.78. The van der Waals surface area contributed by atoms with E-state index in [1.807, 2.05) is 7.05 Å². The quantitative estimate of drug-likeness (QED) is 0.739. The summed E-state index contributed by atoms with van der Waals surface area (Å²) >= 11 is 0. The molecule has 0 aliphatic carbocycles. The Morgan fingerprint density at radius 2 is 2.14 bits per heavy atom. The molecule has 2 rings (SSSR count). The number of nitrogens with zero attached hydrogens (tertiary/aromatic N) is 3. The van der Waals surface area contributed by atoms with Gasteiger partial charge in [0.05, 0.1) is 5.56 Å². The minimum Gasteiger partial charge on any atom is -0.477 e. The van der Waals surface area contributed by atoms with Gasteiger partial charge in [0.1, 0.15) is 17.8 Å². The van der Waals surface area contributed by atoms with E-state index < -0.39 is 5.97 Å². The van der Waals surface area contributed by atoms with Gasteiger partial charge in [0.2, 0.25) is 0 Å². The zero-order valence-electron chi connectivity index (χ0n) is 12.1. The van der Waals surface area contributed by atoms with Gasteiger partial charge in [0, 0.05) is 25.7 Å². The third-order valence-electron chi connectivity index (χ3n) is 3.32. The van der Waals surface area contributed by atoms with E-state index in [0.717, 1.165) is 5.82 Å². The maximum absolute atomic E-state index is 12.2. The Morgan fingerprint density at radius 3 is 2.67 bits per heavy atom. The minimum absolute atomic E-state index is 0.0472. The van der Waals surface area contributed by atoms with Crippen LogP contribution in [0.2, 0.25) is 0 Å². The van der Waals surface area contributed by atoms with Gasteiger partial charge in [-0.05, 0) is 19.4 Å². The van der Waals surface area contributed by atoms with Crippen molar-refractivity contribution in [3.63, 3.8) is 0 Å². The predicted octanol–water partition coefficient (Wildman–Crippen LogP) is 0.431. The van der Waals surface area contributed by atoms with Gasteiger partial charge in [0.15, 0.2) is 0 Å². The van der Waals surface area contributed by atoms with Gasteiger partial charge >= 0.3 is 5.97 Å². The fraction of sp³-hybridized carbons (Fsp3) is 0.385. The average Bonchev–Trinajstić information content (AvgIpc) is 2.94. The number of H-pyrrole nitrogens is 1. The smallest absolute Gasteiger partial charge is 0.352 e. The lowest BCUT2D eigenvalue weighted by molar-refractivity contribution is 0.0690. The largest absolute Gasteiger partial charge is 0.477 e. The normalized spacial score (nSPS) is 10.6. The molecule has 8 nitrogen and oxygen atoms in total. The third-order valence-corrected chi connectivity index (χ3v) is 3.32. The van der Waals surface area contributed by atoms with Gasteiger partial charge in [-0.3, -0.25) is 4.79 Å². The number of aromatic amines is 1. The van der Waals surface area contributed by atoms with Crippen LogP contribution in [0.5, 0.6) is 0 Å². The number of aryl methyl sites for hydroxylation is 2. The van der Waals surface area contributed by atoms with Crippen LogP contribution in [0.15, 0.2) is 6.33 Å². The first kappa shape index (κ1) is 14.8. The highest BCUT2D eigenvalue weighted by molar-refractivity contribution is 6.00. The highest BCUT2D eigenvalue weighted by atomic mass is 16.4. The first-order valence-corrected chi connectivity index (χ1v) is 6.45. The molecule has 3 N–H and O–H groups in total. The zero-order chi connectivity index (χ0) is 15.6. The van der Waals surface area contributed by atoms with Gasteiger partial charge in [-0.15, -0.1) is 10.2 Å². The number of aromatic carboxylic acids is 1. The van der Waals surface area contributed by atoms with Gasteiger partial charge in [-0.1, -0.05) is 0 Å². The Balaban J connectivity index is 2.04. The van der Waals surface area contributed by atoms with Crippen LogP contribution in [0.3, 0.4) is 0 Å². The Morgan fingerprint density at radius 1 is 1.43 bits per heavy atom. The highest BCUT2D eigenvalue weighted by Crippen LogP contribution is 2.17. The van der Waals surface area contributed by atoms with Crippen molar-refractivity contribution in [2.75, 3.05) is 6.54 Å². The second-order valence-electron chi connectivity index (χ2n) is 4.79. The topological polar surface area (TPSA) is 113 Å². The number of hydrogen-bond acceptors (Lipinski definition) is 4. The molecule has 8 heteroatoms. The summed E-state index contributed by atoms with van der Waals surface area (Å²) < 4.78 is 1.78. The Labute approximate surface area is 121 Å². The van der Waals surface area contributed by atoms with Gasteiger partial charge < -0.3 is 20.0 Å². The molecule has 0 fully saturated rings. The Bertz CT molecular complexity index is 686. The molecule has 0 aromatic carbocycles. The van der Waals surface area contributed by atoms with Crippen molar-refractivity contribution in [2.24, 2.45) is 7.05 Å². The second-order valence-corrected chi connectivity index (χ2v) is 4.79. The first-order valence-electron chi connectivity index (χ1n) is 6.45. The van der Waals surface area contributed by atoms with Gasteiger partial charge in [-0.25, -0.2) is 4.79 Å². The highest BCUT2D eigenvalue weighted by Gasteiger charge is 2.21. The third kappa shape index (κ3) is 2.93. The number of aromatic nitrogens is 4. The monoisotopic (exact) mass is 291 g/mol. The number of rotatable bonds is 5. The summed E-state index contributed by atoms with van der Waals surface area (Å²) in [5.74, 6) is -0.603. The van der Waals surface area contributed by atoms with E-state index in [1.54, 1.807) is 24.7 Å². The summed E-state index contributed by atoms with van der Waals surface area (Å²) in [6.45, 7) is 3.69. The van der Waals surface area contributed by atoms with Crippen LogP contribution in [0.4, 0.5) is 0 Å². The molecule has 21 heavy (non-hydrogen) atoms. The maximum atomic E-state index is 12.2. The molecule has 1 amide bonds. The van der Waals surface area contributed by atoms with Gasteiger partial charge in [-0.2, -0.15) is 0 Å². The minimum atomic E-state index is -1.08. The summed E-state index contributed by atoms with van der Waals surface area (Å²) in [6.07, 6.45) is 2.15. The molecular weight excluding hydrogens is 274 g/mol. The van der Waals surface area contributed by atoms with Crippen LogP contribution >= 0.6 is 0 Å². The van der Waals surface area contributed by atoms with Gasteiger partial charge in [0.25, 0.3) is 5.91 Å². The lowest BCUT2D eigenvalue weighted by atomic mass is 10.1. The van der Waals surface area contributed by atoms with E-state index >= 15 is 0 Å². The average molecular weight is 291 g/mol. The van der Waals surface area contributed by atoms with E-state index in [0.29, 0.717) is 29.8 Å². The molecule has 112 valence electrons. The molecule has 0 unspecified atom stereocenters. The van der Waals surface area contributed by atoms with Crippen molar-refractivity contribution in [1.82, 2.24) is 25.1 Å². The number of amides is 1. The number of carbonyl (C=O) groups is 2. The van der Waals surface area contributed by atoms with E-state index in [4.69, 9.17) is 5.11 Å². The van der Waals surface area contributed by atoms with E-state index in [9.17, 15) is 9.59 Å². The summed E-state index contributed by atoms with van der Waals surface area (Å²) in [4.78, 5) is 25.9. The summed E-state index contributed by atoms with van der Waals surface area (Å²) in [6, 6.07) is 0. The fourth-order valence-electron chi connectivity index (χ4n) is 2.21. The Kier molecular flexibility index (Phi) is 4.06. The molecule has 0 aliphatic rings. The number of hydrogen-bond donors (Lipinski definition) is 3. The van der Waals surface area contributed by atoms with Crippen LogP contribution in [0, 0.1) is 13.8 Å². The van der Waals surface area contributed by atoms with Crippen molar-refractivity contribution in [3.05, 3.63) is 34.7 Å². The Hall–Kier alpha value is -2.64. The van der Waals surface area contributed by atoms with Crippen molar-refractivity contribution >= 4 is 11.9 Å². The fourth-order valence-corrected chi connectivity index (χ4v) is 2.21. The standard InChI is InChI=1S/C13H17N5O3/c1-7-10(8(2)16-11(7)13(20)21)12(19)14-5-4-9-17-15-6-18(9)3/h6,16H,4-5H2,1-3H3,(H,14,19)(H,20,21). The number of carboxylic acids is 1. The first-order chi connectivity index (χ1) is 9.91. The molecule has 0 radical (unpaired) electrons. The van der Waals surface area contributed by atoms with Crippen molar-refractivity contribution in [1.29, 1.82) is 0 Å². The molecule has 0 atom stereocenters. The van der Waals surface area contributed by atoms with Crippen LogP contribution in [-0.4, -0.2) is 43.3 Å². The molecule has 0 aliphatic heterocycles. The molecular formula is C13H17N5O3. The predicted molar refractivity (Wildman–Crippen MR) is 74.3 cm³/mol. The maximum Gasteiger partial charge on any atom is 0.352 e. The van der Waals surface area contributed by atoms with Crippen molar-refractivity contribution < 1.29 is 14.7 Å². The van der Waals surface area contributed by atoms with E-state index in [2.05, 4.69) is 20.5 Å².